The summed E-state index contributed by atoms with van der Waals surface area (Å²) in [6, 6.07) is 82.8. The van der Waals surface area contributed by atoms with Crippen LogP contribution in [0.3, 0.4) is 0 Å². The molecule has 0 spiro atoms. The number of fused-ring (bicyclic) bond motifs is 5. The molecule has 0 bridgehead atoms. The fraction of sp³-hybridized carbons (Fsp3) is 0.0857. The molecule has 9 aromatic carbocycles. The molecule has 13 rings (SSSR count). The zero-order valence-electron chi connectivity index (χ0n) is 41.3. The van der Waals surface area contributed by atoms with Gasteiger partial charge in [-0.25, -0.2) is 0 Å². The Morgan fingerprint density at radius 3 is 1.72 bits per heavy atom. The van der Waals surface area contributed by atoms with E-state index in [0.717, 1.165) is 57.6 Å². The number of hydrogen-bond donors (Lipinski definition) is 0. The fourth-order valence-electron chi connectivity index (χ4n) is 11.5. The zero-order chi connectivity index (χ0) is 49.4. The molecule has 0 N–H and O–H groups in total. The Morgan fingerprint density at radius 1 is 0.514 bits per heavy atom. The summed E-state index contributed by atoms with van der Waals surface area (Å²) in [5.41, 5.74) is 16.4. The van der Waals surface area contributed by atoms with Crippen molar-refractivity contribution in [2.75, 3.05) is 19.6 Å². The van der Waals surface area contributed by atoms with Crippen LogP contribution in [0.15, 0.2) is 297 Å². The first kappa shape index (κ1) is 44.8. The lowest BCUT2D eigenvalue weighted by atomic mass is 9.88. The van der Waals surface area contributed by atoms with E-state index in [1.165, 1.54) is 45.3 Å². The monoisotopic (exact) mass is 952 g/mol. The molecular weight excluding hydrogens is 897 g/mol. The van der Waals surface area contributed by atoms with Crippen LogP contribution in [-0.2, 0) is 5.41 Å². The van der Waals surface area contributed by atoms with Crippen LogP contribution in [0.5, 0.6) is 0 Å². The first-order valence-electron chi connectivity index (χ1n) is 25.9. The molecule has 356 valence electrons. The SMILES string of the molecule is C=C/C(=C\C=C\N(c1ccccc1)c1ccccc1)N(c1ccc(C23C=CC(N(c4ccc(N(c5ccccc5)c5ccccc5)cc4)c4cccc5c4C=CC4CC54)=CC2C3)cc1)c1cccc2ccccc12. The van der Waals surface area contributed by atoms with Crippen molar-refractivity contribution in [3.63, 3.8) is 0 Å². The summed E-state index contributed by atoms with van der Waals surface area (Å²) < 4.78 is 0. The molecule has 74 heavy (non-hydrogen) atoms. The predicted octanol–water partition coefficient (Wildman–Crippen LogP) is 18.5. The van der Waals surface area contributed by atoms with Crippen LogP contribution in [0.25, 0.3) is 16.8 Å². The summed E-state index contributed by atoms with van der Waals surface area (Å²) in [5.74, 6) is 1.66. The lowest BCUT2D eigenvalue weighted by molar-refractivity contribution is 0.806. The Labute approximate surface area is 435 Å². The summed E-state index contributed by atoms with van der Waals surface area (Å²) in [5, 5.41) is 2.37. The summed E-state index contributed by atoms with van der Waals surface area (Å²) >= 11 is 0. The average Bonchev–Trinajstić information content (AvgIpc) is 4.45. The Hall–Kier alpha value is -9.12. The molecule has 0 radical (unpaired) electrons. The van der Waals surface area contributed by atoms with Crippen LogP contribution in [0.4, 0.5) is 51.2 Å². The molecule has 2 saturated carbocycles. The standard InChI is InChI=1S/C70H56N4/c1-2-55(30-19-47-71(56-22-7-3-8-23-56)57-24-9-4-10-25-57)73(68-33-17-21-51-20-15-16-31-64(51)68)61-38-36-53(37-39-61)70-46-45-63(49-54(70)50-70)74(69-34-18-32-65-66(69)44-35-52-48-67(52)65)62-42-40-60(41-43-62)72(58-26-11-5-12-27-58)59-28-13-6-14-29-59/h2-47,49,52,54,67H,1,48,50H2/b47-19+,55-30+. The molecule has 4 atom stereocenters. The molecule has 4 nitrogen and oxygen atoms in total. The van der Waals surface area contributed by atoms with Crippen LogP contribution in [-0.4, -0.2) is 0 Å². The summed E-state index contributed by atoms with van der Waals surface area (Å²) in [7, 11) is 0. The Balaban J connectivity index is 0.835. The maximum absolute atomic E-state index is 4.38. The highest BCUT2D eigenvalue weighted by atomic mass is 15.2. The normalized spacial score (nSPS) is 18.9. The summed E-state index contributed by atoms with van der Waals surface area (Å²) in [4.78, 5) is 9.39. The molecule has 2 fully saturated rings. The maximum atomic E-state index is 4.38. The minimum Gasteiger partial charge on any atom is -0.317 e. The van der Waals surface area contributed by atoms with Crippen LogP contribution >= 0.6 is 0 Å². The van der Waals surface area contributed by atoms with Gasteiger partial charge in [-0.05, 0) is 168 Å². The maximum Gasteiger partial charge on any atom is 0.0540 e. The number of rotatable bonds is 15. The van der Waals surface area contributed by atoms with Crippen molar-refractivity contribution in [1.82, 2.24) is 0 Å². The molecule has 4 heteroatoms. The largest absolute Gasteiger partial charge is 0.317 e. The third-order valence-electron chi connectivity index (χ3n) is 15.5. The summed E-state index contributed by atoms with van der Waals surface area (Å²) in [6.45, 7) is 4.38. The van der Waals surface area contributed by atoms with Crippen molar-refractivity contribution in [2.24, 2.45) is 11.8 Å². The second kappa shape index (κ2) is 19.1. The lowest BCUT2D eigenvalue weighted by Crippen LogP contribution is -2.21. The van der Waals surface area contributed by atoms with Crippen molar-refractivity contribution < 1.29 is 0 Å². The first-order chi connectivity index (χ1) is 36.6. The highest BCUT2D eigenvalue weighted by Gasteiger charge is 2.54. The number of hydrogen-bond acceptors (Lipinski definition) is 4. The van der Waals surface area contributed by atoms with E-state index in [0.29, 0.717) is 17.8 Å². The number of benzene rings is 9. The molecule has 4 aliphatic carbocycles. The molecule has 9 aromatic rings. The Morgan fingerprint density at radius 2 is 1.07 bits per heavy atom. The summed E-state index contributed by atoms with van der Waals surface area (Å²) in [6.07, 6.45) is 22.9. The third kappa shape index (κ3) is 8.34. The van der Waals surface area contributed by atoms with Gasteiger partial charge in [0.25, 0.3) is 0 Å². The number of anilines is 9. The second-order valence-corrected chi connectivity index (χ2v) is 19.8. The highest BCUT2D eigenvalue weighted by molar-refractivity contribution is 5.97. The topological polar surface area (TPSA) is 13.0 Å². The molecular formula is C70H56N4. The van der Waals surface area contributed by atoms with Gasteiger partial charge in [-0.2, -0.15) is 0 Å². The molecule has 0 saturated heterocycles. The molecule has 0 aromatic heterocycles. The third-order valence-corrected chi connectivity index (χ3v) is 15.5. The van der Waals surface area contributed by atoms with Crippen molar-refractivity contribution in [1.29, 1.82) is 0 Å². The Kier molecular flexibility index (Phi) is 11.6. The van der Waals surface area contributed by atoms with Crippen molar-refractivity contribution in [2.45, 2.75) is 24.2 Å². The number of para-hydroxylation sites is 4. The van der Waals surface area contributed by atoms with E-state index >= 15 is 0 Å². The molecule has 0 heterocycles. The molecule has 4 aliphatic rings. The first-order valence-corrected chi connectivity index (χ1v) is 25.9. The van der Waals surface area contributed by atoms with E-state index in [2.05, 4.69) is 305 Å². The smallest absolute Gasteiger partial charge is 0.0540 e. The second-order valence-electron chi connectivity index (χ2n) is 19.8. The van der Waals surface area contributed by atoms with Crippen LogP contribution in [0, 0.1) is 11.8 Å². The number of allylic oxidation sites excluding steroid dienone is 7. The van der Waals surface area contributed by atoms with E-state index in [-0.39, 0.29) is 5.41 Å². The van der Waals surface area contributed by atoms with Gasteiger partial charge in [0.2, 0.25) is 0 Å². The van der Waals surface area contributed by atoms with Gasteiger partial charge in [0.1, 0.15) is 0 Å². The van der Waals surface area contributed by atoms with E-state index in [4.69, 9.17) is 0 Å². The van der Waals surface area contributed by atoms with E-state index in [9.17, 15) is 0 Å². The van der Waals surface area contributed by atoms with Gasteiger partial charge >= 0.3 is 0 Å². The minimum atomic E-state index is -0.0663. The molecule has 0 amide bonds. The molecule has 0 aliphatic heterocycles. The van der Waals surface area contributed by atoms with Gasteiger partial charge in [0.05, 0.1) is 11.4 Å². The van der Waals surface area contributed by atoms with Gasteiger partial charge in [0, 0.05) is 73.8 Å². The van der Waals surface area contributed by atoms with Gasteiger partial charge < -0.3 is 19.6 Å². The number of nitrogens with zero attached hydrogens (tertiary/aromatic N) is 4. The van der Waals surface area contributed by atoms with E-state index in [1.54, 1.807) is 0 Å². The van der Waals surface area contributed by atoms with Crippen molar-refractivity contribution >= 4 is 68.0 Å². The quantitative estimate of drug-likeness (QED) is 0.0949. The Bertz CT molecular complexity index is 3570. The van der Waals surface area contributed by atoms with E-state index in [1.807, 2.05) is 6.08 Å². The van der Waals surface area contributed by atoms with Gasteiger partial charge in [-0.3, -0.25) is 0 Å². The van der Waals surface area contributed by atoms with Crippen LogP contribution in [0.2, 0.25) is 0 Å². The lowest BCUT2D eigenvalue weighted by Gasteiger charge is -2.32. The fourth-order valence-corrected chi connectivity index (χ4v) is 11.5. The van der Waals surface area contributed by atoms with Crippen LogP contribution in [0.1, 0.15) is 35.4 Å². The van der Waals surface area contributed by atoms with Crippen LogP contribution < -0.4 is 19.6 Å². The van der Waals surface area contributed by atoms with E-state index < -0.39 is 0 Å². The predicted molar refractivity (Wildman–Crippen MR) is 312 cm³/mol. The zero-order valence-corrected chi connectivity index (χ0v) is 41.3. The van der Waals surface area contributed by atoms with Gasteiger partial charge in [-0.1, -0.05) is 164 Å². The highest BCUT2D eigenvalue weighted by Crippen LogP contribution is 2.60. The minimum absolute atomic E-state index is 0.0663. The molecule has 4 unspecified atom stereocenters. The van der Waals surface area contributed by atoms with Gasteiger partial charge in [-0.15, -0.1) is 0 Å². The van der Waals surface area contributed by atoms with Crippen molar-refractivity contribution in [3.8, 4) is 0 Å². The van der Waals surface area contributed by atoms with Gasteiger partial charge in [0.15, 0.2) is 0 Å². The van der Waals surface area contributed by atoms with Crippen molar-refractivity contribution in [3.05, 3.63) is 314 Å². The average molecular weight is 953 g/mol.